The Bertz CT molecular complexity index is 1490. The zero-order valence-corrected chi connectivity index (χ0v) is 20.7. The van der Waals surface area contributed by atoms with Crippen LogP contribution in [0.25, 0.3) is 18.2 Å². The maximum Gasteiger partial charge on any atom is 0.331 e. The highest BCUT2D eigenvalue weighted by atomic mass is 16.5. The number of amides is 1. The van der Waals surface area contributed by atoms with Crippen molar-refractivity contribution in [2.24, 2.45) is 0 Å². The van der Waals surface area contributed by atoms with Crippen LogP contribution in [0.3, 0.4) is 0 Å². The van der Waals surface area contributed by atoms with E-state index in [2.05, 4.69) is 5.32 Å². The molecule has 40 heavy (non-hydrogen) atoms. The molecule has 3 aromatic rings. The van der Waals surface area contributed by atoms with E-state index in [-0.39, 0.29) is 29.0 Å². The number of nitrogens with one attached hydrogen (secondary N) is 1. The number of carboxylic acid groups (broad SMARTS) is 1. The number of esters is 1. The highest BCUT2D eigenvalue weighted by Crippen LogP contribution is 2.34. The summed E-state index contributed by atoms with van der Waals surface area (Å²) in [5.41, 5.74) is 1.09. The topological polar surface area (TPSA) is 214 Å². The first-order valence-electron chi connectivity index (χ1n) is 11.6. The molecule has 8 N–H and O–H groups in total. The minimum absolute atomic E-state index is 0.0898. The molecular formula is C28H25NO11. The van der Waals surface area contributed by atoms with E-state index < -0.39 is 53.5 Å². The number of hydrogen-bond donors (Lipinski definition) is 8. The third-order valence-corrected chi connectivity index (χ3v) is 5.50. The monoisotopic (exact) mass is 551 g/mol. The molecule has 0 radical (unpaired) electrons. The van der Waals surface area contributed by atoms with Gasteiger partial charge in [-0.05, 0) is 59.2 Å². The van der Waals surface area contributed by atoms with Crippen molar-refractivity contribution in [3.05, 3.63) is 76.9 Å². The first-order valence-corrected chi connectivity index (χ1v) is 11.6. The minimum atomic E-state index is -1.50. The van der Waals surface area contributed by atoms with E-state index in [4.69, 9.17) is 9.84 Å². The summed E-state index contributed by atoms with van der Waals surface area (Å²) in [7, 11) is 0. The van der Waals surface area contributed by atoms with Crippen LogP contribution in [0.15, 0.2) is 54.6 Å². The summed E-state index contributed by atoms with van der Waals surface area (Å²) < 4.78 is 5.23. The number of aliphatic carboxylic acids is 1. The number of phenolic OH excluding ortho intramolecular Hbond substituents is 6. The molecule has 0 aliphatic carbocycles. The predicted octanol–water partition coefficient (Wildman–Crippen LogP) is 2.46. The minimum Gasteiger partial charge on any atom is -0.504 e. The van der Waals surface area contributed by atoms with Gasteiger partial charge in [-0.1, -0.05) is 24.3 Å². The number of hydrogen-bond acceptors (Lipinski definition) is 10. The van der Waals surface area contributed by atoms with Crippen molar-refractivity contribution in [2.75, 3.05) is 6.54 Å². The van der Waals surface area contributed by atoms with Crippen LogP contribution in [0, 0.1) is 0 Å². The Kier molecular flexibility index (Phi) is 9.21. The van der Waals surface area contributed by atoms with Gasteiger partial charge in [-0.15, -0.1) is 0 Å². The molecule has 0 spiro atoms. The SMILES string of the molecule is O=C(O)CNC(=O)[C@@H](Cc1ccc(O)c(O)c1)OC(=O)/C=C/c1ccc(O)c(O)c1/C=C/c1ccc(O)c(O)c1. The molecule has 0 aromatic heterocycles. The van der Waals surface area contributed by atoms with Crippen LogP contribution >= 0.6 is 0 Å². The fourth-order valence-corrected chi connectivity index (χ4v) is 3.47. The average molecular weight is 552 g/mol. The summed E-state index contributed by atoms with van der Waals surface area (Å²) in [6, 6.07) is 10.3. The largest absolute Gasteiger partial charge is 0.504 e. The molecule has 1 amide bonds. The second-order valence-electron chi connectivity index (χ2n) is 8.42. The Morgan fingerprint density at radius 3 is 2.08 bits per heavy atom. The maximum atomic E-state index is 12.6. The Hall–Kier alpha value is -5.65. The van der Waals surface area contributed by atoms with Gasteiger partial charge in [0.1, 0.15) is 6.54 Å². The van der Waals surface area contributed by atoms with Gasteiger partial charge in [0.15, 0.2) is 40.6 Å². The van der Waals surface area contributed by atoms with Crippen LogP contribution in [-0.2, 0) is 25.5 Å². The summed E-state index contributed by atoms with van der Waals surface area (Å²) in [5, 5.41) is 69.6. The van der Waals surface area contributed by atoms with E-state index in [1.54, 1.807) is 0 Å². The van der Waals surface area contributed by atoms with Gasteiger partial charge in [0, 0.05) is 18.1 Å². The van der Waals surface area contributed by atoms with Crippen LogP contribution < -0.4 is 5.32 Å². The van der Waals surface area contributed by atoms with Crippen LogP contribution in [0.2, 0.25) is 0 Å². The Morgan fingerprint density at radius 1 is 0.775 bits per heavy atom. The molecular weight excluding hydrogens is 526 g/mol. The molecule has 3 aromatic carbocycles. The number of benzene rings is 3. The van der Waals surface area contributed by atoms with E-state index in [1.165, 1.54) is 60.7 Å². The molecule has 208 valence electrons. The molecule has 0 fully saturated rings. The lowest BCUT2D eigenvalue weighted by atomic mass is 10.0. The van der Waals surface area contributed by atoms with Crippen molar-refractivity contribution < 1.29 is 54.9 Å². The molecule has 12 nitrogen and oxygen atoms in total. The second-order valence-corrected chi connectivity index (χ2v) is 8.42. The number of ether oxygens (including phenoxy) is 1. The maximum absolute atomic E-state index is 12.6. The highest BCUT2D eigenvalue weighted by Gasteiger charge is 2.24. The molecule has 0 saturated carbocycles. The molecule has 1 atom stereocenters. The Morgan fingerprint density at radius 2 is 1.43 bits per heavy atom. The average Bonchev–Trinajstić information content (AvgIpc) is 2.91. The second kappa shape index (κ2) is 12.7. The van der Waals surface area contributed by atoms with Crippen molar-refractivity contribution in [1.82, 2.24) is 5.32 Å². The molecule has 12 heteroatoms. The summed E-state index contributed by atoms with van der Waals surface area (Å²) in [6.45, 7) is -0.731. The quantitative estimate of drug-likeness (QED) is 0.0793. The van der Waals surface area contributed by atoms with Crippen LogP contribution in [0.1, 0.15) is 22.3 Å². The van der Waals surface area contributed by atoms with Crippen LogP contribution in [0.5, 0.6) is 34.5 Å². The molecule has 0 saturated heterocycles. The summed E-state index contributed by atoms with van der Waals surface area (Å²) in [6.07, 6.45) is 3.29. The number of aromatic hydroxyl groups is 6. The van der Waals surface area contributed by atoms with E-state index >= 15 is 0 Å². The van der Waals surface area contributed by atoms with E-state index in [9.17, 15) is 45.0 Å². The zero-order chi connectivity index (χ0) is 29.4. The Balaban J connectivity index is 1.83. The number of carboxylic acids is 1. The van der Waals surface area contributed by atoms with Gasteiger partial charge in [0.25, 0.3) is 5.91 Å². The summed E-state index contributed by atoms with van der Waals surface area (Å²) in [4.78, 5) is 36.0. The lowest BCUT2D eigenvalue weighted by Crippen LogP contribution is -2.41. The van der Waals surface area contributed by atoms with Crippen molar-refractivity contribution in [3.63, 3.8) is 0 Å². The van der Waals surface area contributed by atoms with Crippen LogP contribution in [-0.4, -0.2) is 66.2 Å². The number of rotatable bonds is 10. The van der Waals surface area contributed by atoms with Gasteiger partial charge < -0.3 is 45.8 Å². The van der Waals surface area contributed by atoms with Gasteiger partial charge in [-0.3, -0.25) is 9.59 Å². The van der Waals surface area contributed by atoms with Gasteiger partial charge in [-0.2, -0.15) is 0 Å². The summed E-state index contributed by atoms with van der Waals surface area (Å²) in [5.74, 6) is -5.76. The van der Waals surface area contributed by atoms with Gasteiger partial charge in [0.05, 0.1) is 0 Å². The third-order valence-electron chi connectivity index (χ3n) is 5.50. The van der Waals surface area contributed by atoms with Gasteiger partial charge in [0.2, 0.25) is 0 Å². The van der Waals surface area contributed by atoms with Crippen molar-refractivity contribution in [2.45, 2.75) is 12.5 Å². The lowest BCUT2D eigenvalue weighted by molar-refractivity contribution is -0.151. The molecule has 0 aliphatic heterocycles. The normalized spacial score (nSPS) is 11.9. The number of phenols is 6. The molecule has 3 rings (SSSR count). The lowest BCUT2D eigenvalue weighted by Gasteiger charge is -2.17. The van der Waals surface area contributed by atoms with Gasteiger partial charge in [-0.25, -0.2) is 4.79 Å². The standard InChI is InChI=1S/C28H25NO11/c30-19-7-2-15(11-22(19)33)1-6-18-17(4-9-21(32)27(18)38)5-10-26(37)40-24(28(39)29-14-25(35)36)13-16-3-8-20(31)23(34)12-16/h1-12,24,30-34,38H,13-14H2,(H,29,39)(H,35,36)/b6-1+,10-5+/t24-/m1/s1. The first-order chi connectivity index (χ1) is 18.9. The zero-order valence-electron chi connectivity index (χ0n) is 20.7. The molecule has 0 aliphatic rings. The van der Waals surface area contributed by atoms with Gasteiger partial charge >= 0.3 is 11.9 Å². The molecule has 0 heterocycles. The molecule has 0 unspecified atom stereocenters. The number of carbonyl (C=O) groups is 3. The van der Waals surface area contributed by atoms with Crippen molar-refractivity contribution in [1.29, 1.82) is 0 Å². The summed E-state index contributed by atoms with van der Waals surface area (Å²) >= 11 is 0. The van der Waals surface area contributed by atoms with Crippen LogP contribution in [0.4, 0.5) is 0 Å². The first kappa shape index (κ1) is 28.9. The van der Waals surface area contributed by atoms with E-state index in [0.717, 1.165) is 12.1 Å². The van der Waals surface area contributed by atoms with Crippen molar-refractivity contribution >= 4 is 36.1 Å². The highest BCUT2D eigenvalue weighted by molar-refractivity contribution is 5.92. The van der Waals surface area contributed by atoms with E-state index in [1.807, 2.05) is 0 Å². The fourth-order valence-electron chi connectivity index (χ4n) is 3.47. The van der Waals surface area contributed by atoms with Crippen molar-refractivity contribution in [3.8, 4) is 34.5 Å². The smallest absolute Gasteiger partial charge is 0.331 e. The van der Waals surface area contributed by atoms with E-state index in [0.29, 0.717) is 11.1 Å². The third kappa shape index (κ3) is 7.68. The fraction of sp³-hybridized carbons (Fsp3) is 0.107. The number of carbonyl (C=O) groups excluding carboxylic acids is 2. The predicted molar refractivity (Wildman–Crippen MR) is 142 cm³/mol. The molecule has 0 bridgehead atoms. The Labute approximate surface area is 227 Å².